The van der Waals surface area contributed by atoms with Gasteiger partial charge in [0.25, 0.3) is 5.91 Å². The van der Waals surface area contributed by atoms with Crippen LogP contribution < -0.4 is 5.32 Å². The van der Waals surface area contributed by atoms with Crippen LogP contribution in [0.2, 0.25) is 0 Å². The fraction of sp³-hybridized carbons (Fsp3) is 0.444. The fourth-order valence-electron chi connectivity index (χ4n) is 2.22. The first-order valence-corrected chi connectivity index (χ1v) is 8.36. The molecule has 8 nitrogen and oxygen atoms in total. The summed E-state index contributed by atoms with van der Waals surface area (Å²) in [4.78, 5) is 23.6. The van der Waals surface area contributed by atoms with Crippen LogP contribution in [-0.2, 0) is 16.1 Å². The highest BCUT2D eigenvalue weighted by molar-refractivity contribution is 5.94. The zero-order chi connectivity index (χ0) is 19.2. The van der Waals surface area contributed by atoms with Crippen LogP contribution in [0.4, 0.5) is 0 Å². The highest BCUT2D eigenvalue weighted by Gasteiger charge is 2.23. The van der Waals surface area contributed by atoms with Gasteiger partial charge in [-0.2, -0.15) is 0 Å². The normalized spacial score (nSPS) is 12.6. The molecule has 1 aromatic heterocycles. The molecule has 0 bridgehead atoms. The molecule has 0 spiro atoms. The van der Waals surface area contributed by atoms with Crippen LogP contribution in [0.3, 0.4) is 0 Å². The summed E-state index contributed by atoms with van der Waals surface area (Å²) in [7, 11) is 0. The summed E-state index contributed by atoms with van der Waals surface area (Å²) >= 11 is 0. The number of benzene rings is 1. The Bertz CT molecular complexity index is 737. The molecule has 2 aromatic rings. The van der Waals surface area contributed by atoms with Gasteiger partial charge in [-0.15, -0.1) is 5.10 Å². The number of ether oxygens (including phenoxy) is 1. The van der Waals surface area contributed by atoms with E-state index in [4.69, 9.17) is 4.74 Å². The molecule has 0 aliphatic heterocycles. The van der Waals surface area contributed by atoms with E-state index in [9.17, 15) is 14.7 Å². The second-order valence-corrected chi connectivity index (χ2v) is 6.90. The first-order valence-electron chi connectivity index (χ1n) is 8.36. The maximum absolute atomic E-state index is 12.3. The fourth-order valence-corrected chi connectivity index (χ4v) is 2.22. The smallest absolute Gasteiger partial charge is 0.326 e. The summed E-state index contributed by atoms with van der Waals surface area (Å²) in [6.45, 7) is 6.34. The Kier molecular flexibility index (Phi) is 6.46. The van der Waals surface area contributed by atoms with Crippen molar-refractivity contribution in [1.29, 1.82) is 0 Å². The highest BCUT2D eigenvalue weighted by Crippen LogP contribution is 2.08. The van der Waals surface area contributed by atoms with E-state index in [-0.39, 0.29) is 24.3 Å². The van der Waals surface area contributed by atoms with Crippen LogP contribution in [0.5, 0.6) is 0 Å². The molecule has 1 aromatic carbocycles. The molecule has 8 heteroatoms. The summed E-state index contributed by atoms with van der Waals surface area (Å²) in [6, 6.07) is 8.57. The Morgan fingerprint density at radius 2 is 1.96 bits per heavy atom. The van der Waals surface area contributed by atoms with Crippen molar-refractivity contribution < 1.29 is 19.4 Å². The van der Waals surface area contributed by atoms with Gasteiger partial charge in [-0.1, -0.05) is 35.5 Å². The molecule has 1 unspecified atom stereocenters. The lowest BCUT2D eigenvalue weighted by Crippen LogP contribution is -2.42. The summed E-state index contributed by atoms with van der Waals surface area (Å²) in [5, 5.41) is 19.5. The second-order valence-electron chi connectivity index (χ2n) is 6.90. The van der Waals surface area contributed by atoms with E-state index in [1.54, 1.807) is 0 Å². The zero-order valence-corrected chi connectivity index (χ0v) is 15.2. The van der Waals surface area contributed by atoms with Crippen LogP contribution in [0.1, 0.15) is 43.2 Å². The van der Waals surface area contributed by atoms with Gasteiger partial charge in [0.05, 0.1) is 18.3 Å². The van der Waals surface area contributed by atoms with Gasteiger partial charge in [0, 0.05) is 13.0 Å². The van der Waals surface area contributed by atoms with Crippen molar-refractivity contribution in [3.63, 3.8) is 0 Å². The third kappa shape index (κ3) is 6.29. The van der Waals surface area contributed by atoms with Gasteiger partial charge >= 0.3 is 5.97 Å². The van der Waals surface area contributed by atoms with Crippen molar-refractivity contribution >= 4 is 11.9 Å². The van der Waals surface area contributed by atoms with Crippen LogP contribution >= 0.6 is 0 Å². The minimum Gasteiger partial charge on any atom is -0.480 e. The Balaban J connectivity index is 1.93. The molecule has 0 aliphatic carbocycles. The Labute approximate surface area is 152 Å². The largest absolute Gasteiger partial charge is 0.480 e. The maximum Gasteiger partial charge on any atom is 0.326 e. The molecular formula is C18H24N4O4. The number of hydrogen-bond acceptors (Lipinski definition) is 5. The monoisotopic (exact) mass is 360 g/mol. The zero-order valence-electron chi connectivity index (χ0n) is 15.2. The van der Waals surface area contributed by atoms with Crippen molar-refractivity contribution in [3.05, 3.63) is 47.8 Å². The molecule has 140 valence electrons. The van der Waals surface area contributed by atoms with Crippen molar-refractivity contribution in [2.45, 2.75) is 45.4 Å². The SMILES string of the molecule is CC(C)(C)OCCC(NC(=O)c1cn(Cc2ccccc2)nn1)C(=O)O. The average Bonchev–Trinajstić information content (AvgIpc) is 3.02. The molecule has 1 amide bonds. The van der Waals surface area contributed by atoms with Gasteiger partial charge in [-0.25, -0.2) is 9.48 Å². The van der Waals surface area contributed by atoms with Gasteiger partial charge in [0.1, 0.15) is 6.04 Å². The number of amides is 1. The van der Waals surface area contributed by atoms with Gasteiger partial charge in [0.15, 0.2) is 5.69 Å². The minimum absolute atomic E-state index is 0.0731. The Morgan fingerprint density at radius 3 is 2.58 bits per heavy atom. The molecule has 26 heavy (non-hydrogen) atoms. The number of nitrogens with one attached hydrogen (secondary N) is 1. The number of carboxylic acid groups (broad SMARTS) is 1. The van der Waals surface area contributed by atoms with E-state index < -0.39 is 17.9 Å². The minimum atomic E-state index is -1.12. The van der Waals surface area contributed by atoms with Gasteiger partial charge in [-0.3, -0.25) is 4.79 Å². The lowest BCUT2D eigenvalue weighted by Gasteiger charge is -2.21. The van der Waals surface area contributed by atoms with Crippen LogP contribution in [0.25, 0.3) is 0 Å². The molecule has 0 saturated heterocycles. The Hall–Kier alpha value is -2.74. The molecule has 2 rings (SSSR count). The molecule has 0 fully saturated rings. The molecule has 0 radical (unpaired) electrons. The first kappa shape index (κ1) is 19.6. The quantitative estimate of drug-likeness (QED) is 0.742. The molecule has 0 aliphatic rings. The van der Waals surface area contributed by atoms with Crippen LogP contribution in [0.15, 0.2) is 36.5 Å². The van der Waals surface area contributed by atoms with Gasteiger partial charge in [-0.05, 0) is 26.3 Å². The van der Waals surface area contributed by atoms with Gasteiger partial charge in [0.2, 0.25) is 0 Å². The third-order valence-electron chi connectivity index (χ3n) is 3.50. The van der Waals surface area contributed by atoms with Crippen molar-refractivity contribution in [2.24, 2.45) is 0 Å². The predicted octanol–water partition coefficient (Wildman–Crippen LogP) is 1.71. The number of aliphatic carboxylic acids is 1. The molecular weight excluding hydrogens is 336 g/mol. The van der Waals surface area contributed by atoms with E-state index in [2.05, 4.69) is 15.6 Å². The number of nitrogens with zero attached hydrogens (tertiary/aromatic N) is 3. The van der Waals surface area contributed by atoms with Gasteiger partial charge < -0.3 is 15.2 Å². The lowest BCUT2D eigenvalue weighted by molar-refractivity contribution is -0.140. The summed E-state index contributed by atoms with van der Waals surface area (Å²) in [6.07, 6.45) is 1.66. The first-order chi connectivity index (χ1) is 12.2. The van der Waals surface area contributed by atoms with Crippen molar-refractivity contribution in [3.8, 4) is 0 Å². The predicted molar refractivity (Wildman–Crippen MR) is 94.8 cm³/mol. The van der Waals surface area contributed by atoms with E-state index in [1.807, 2.05) is 51.1 Å². The molecule has 1 heterocycles. The molecule has 1 atom stereocenters. The second kappa shape index (κ2) is 8.57. The number of hydrogen-bond donors (Lipinski definition) is 2. The summed E-state index contributed by atoms with van der Waals surface area (Å²) in [5.74, 6) is -1.69. The Morgan fingerprint density at radius 1 is 1.27 bits per heavy atom. The summed E-state index contributed by atoms with van der Waals surface area (Å²) in [5.41, 5.74) is 0.726. The van der Waals surface area contributed by atoms with E-state index in [0.29, 0.717) is 6.54 Å². The molecule has 0 saturated carbocycles. The van der Waals surface area contributed by atoms with E-state index in [0.717, 1.165) is 5.56 Å². The standard InChI is InChI=1S/C18H24N4O4/c1-18(2,3)26-10-9-14(17(24)25)19-16(23)15-12-22(21-20-15)11-13-7-5-4-6-8-13/h4-8,12,14H,9-11H2,1-3H3,(H,19,23)(H,24,25). The lowest BCUT2D eigenvalue weighted by atomic mass is 10.1. The highest BCUT2D eigenvalue weighted by atomic mass is 16.5. The van der Waals surface area contributed by atoms with E-state index >= 15 is 0 Å². The van der Waals surface area contributed by atoms with Crippen molar-refractivity contribution in [2.75, 3.05) is 6.61 Å². The topological polar surface area (TPSA) is 106 Å². The molecule has 2 N–H and O–H groups in total. The number of aromatic nitrogens is 3. The van der Waals surface area contributed by atoms with E-state index in [1.165, 1.54) is 10.9 Å². The number of carbonyl (C=O) groups excluding carboxylic acids is 1. The van der Waals surface area contributed by atoms with Crippen LogP contribution in [0, 0.1) is 0 Å². The van der Waals surface area contributed by atoms with Crippen molar-refractivity contribution in [1.82, 2.24) is 20.3 Å². The van der Waals surface area contributed by atoms with Crippen LogP contribution in [-0.4, -0.2) is 50.2 Å². The maximum atomic E-state index is 12.3. The number of carbonyl (C=O) groups is 2. The third-order valence-corrected chi connectivity index (χ3v) is 3.50. The summed E-state index contributed by atoms with van der Waals surface area (Å²) < 4.78 is 7.05. The number of carboxylic acids is 1. The number of rotatable bonds is 8. The average molecular weight is 360 g/mol.